The van der Waals surface area contributed by atoms with Gasteiger partial charge in [-0.1, -0.05) is 35.5 Å². The summed E-state index contributed by atoms with van der Waals surface area (Å²) in [5, 5.41) is 18.0. The summed E-state index contributed by atoms with van der Waals surface area (Å²) >= 11 is 7.74. The molecule has 142 valence electrons. The third-order valence-corrected chi connectivity index (χ3v) is 5.31. The van der Waals surface area contributed by atoms with Gasteiger partial charge >= 0.3 is 0 Å². The van der Waals surface area contributed by atoms with Crippen molar-refractivity contribution in [2.45, 2.75) is 24.4 Å². The highest BCUT2D eigenvalue weighted by Gasteiger charge is 2.17. The Morgan fingerprint density at radius 2 is 1.82 bits per heavy atom. The lowest BCUT2D eigenvalue weighted by Crippen LogP contribution is -2.00. The molecule has 4 rings (SSSR count). The van der Waals surface area contributed by atoms with Crippen LogP contribution in [0.1, 0.15) is 12.8 Å². The first-order chi connectivity index (χ1) is 13.7. The number of halogens is 2. The third kappa shape index (κ3) is 3.79. The highest BCUT2D eigenvalue weighted by Crippen LogP contribution is 2.30. The number of aromatic nitrogens is 5. The first-order valence-corrected chi connectivity index (χ1v) is 9.91. The van der Waals surface area contributed by atoms with Gasteiger partial charge in [0, 0.05) is 17.7 Å². The maximum Gasteiger partial charge on any atom is 0.247 e. The number of benzene rings is 2. The highest BCUT2D eigenvalue weighted by molar-refractivity contribution is 7.98. The van der Waals surface area contributed by atoms with E-state index in [4.69, 9.17) is 16.0 Å². The van der Waals surface area contributed by atoms with E-state index in [9.17, 15) is 4.39 Å². The standard InChI is InChI=1S/C19H15ClFN5OS/c1-2-26-17(14-5-3-4-6-15(14)20)23-25-19(26)28-11-16-22-24-18(27-16)12-7-9-13(21)10-8-12/h3-10H,2,11H2,1H3. The van der Waals surface area contributed by atoms with Crippen molar-refractivity contribution in [3.63, 3.8) is 0 Å². The molecule has 2 aromatic carbocycles. The summed E-state index contributed by atoms with van der Waals surface area (Å²) in [6.45, 7) is 2.72. The molecule has 0 spiro atoms. The molecule has 4 aromatic rings. The predicted octanol–water partition coefficient (Wildman–Crippen LogP) is 5.10. The highest BCUT2D eigenvalue weighted by atomic mass is 35.5. The van der Waals surface area contributed by atoms with Gasteiger partial charge < -0.3 is 8.98 Å². The van der Waals surface area contributed by atoms with E-state index < -0.39 is 0 Å². The molecule has 0 aliphatic rings. The maximum atomic E-state index is 13.0. The zero-order valence-electron chi connectivity index (χ0n) is 14.8. The van der Waals surface area contributed by atoms with Gasteiger partial charge in [-0.05, 0) is 43.3 Å². The minimum absolute atomic E-state index is 0.313. The zero-order valence-corrected chi connectivity index (χ0v) is 16.4. The topological polar surface area (TPSA) is 69.6 Å². The molecular weight excluding hydrogens is 401 g/mol. The van der Waals surface area contributed by atoms with Gasteiger partial charge in [0.1, 0.15) is 5.82 Å². The lowest BCUT2D eigenvalue weighted by atomic mass is 10.2. The molecule has 0 aliphatic carbocycles. The molecule has 0 atom stereocenters. The van der Waals surface area contributed by atoms with Crippen LogP contribution in [-0.2, 0) is 12.3 Å². The van der Waals surface area contributed by atoms with Crippen molar-refractivity contribution in [3.8, 4) is 22.8 Å². The fourth-order valence-electron chi connectivity index (χ4n) is 2.67. The van der Waals surface area contributed by atoms with Crippen molar-refractivity contribution >= 4 is 23.4 Å². The number of nitrogens with zero attached hydrogens (tertiary/aromatic N) is 5. The summed E-state index contributed by atoms with van der Waals surface area (Å²) in [6, 6.07) is 13.4. The van der Waals surface area contributed by atoms with E-state index in [-0.39, 0.29) is 5.82 Å². The normalized spacial score (nSPS) is 11.1. The van der Waals surface area contributed by atoms with Crippen molar-refractivity contribution < 1.29 is 8.81 Å². The van der Waals surface area contributed by atoms with Crippen molar-refractivity contribution in [1.82, 2.24) is 25.0 Å². The second kappa shape index (κ2) is 8.12. The summed E-state index contributed by atoms with van der Waals surface area (Å²) in [5.74, 6) is 1.65. The molecule has 2 heterocycles. The summed E-state index contributed by atoms with van der Waals surface area (Å²) in [4.78, 5) is 0. The van der Waals surface area contributed by atoms with Gasteiger partial charge in [-0.2, -0.15) is 0 Å². The Labute approximate surface area is 169 Å². The Bertz CT molecular complexity index is 1100. The number of rotatable bonds is 6. The van der Waals surface area contributed by atoms with Gasteiger partial charge in [0.05, 0.1) is 10.8 Å². The van der Waals surface area contributed by atoms with Crippen LogP contribution in [0, 0.1) is 5.82 Å². The first-order valence-electron chi connectivity index (χ1n) is 8.55. The molecule has 0 radical (unpaired) electrons. The smallest absolute Gasteiger partial charge is 0.247 e. The minimum Gasteiger partial charge on any atom is -0.420 e. The third-order valence-electron chi connectivity index (χ3n) is 4.03. The van der Waals surface area contributed by atoms with Crippen LogP contribution >= 0.6 is 23.4 Å². The predicted molar refractivity (Wildman–Crippen MR) is 105 cm³/mol. The summed E-state index contributed by atoms with van der Waals surface area (Å²) in [7, 11) is 0. The number of thioether (sulfide) groups is 1. The molecule has 0 fully saturated rings. The van der Waals surface area contributed by atoms with Crippen LogP contribution in [0.5, 0.6) is 0 Å². The molecule has 9 heteroatoms. The molecular formula is C19H15ClFN5OS. The van der Waals surface area contributed by atoms with Gasteiger partial charge in [0.25, 0.3) is 0 Å². The minimum atomic E-state index is -0.313. The monoisotopic (exact) mass is 415 g/mol. The van der Waals surface area contributed by atoms with E-state index in [1.165, 1.54) is 23.9 Å². The summed E-state index contributed by atoms with van der Waals surface area (Å²) in [5.41, 5.74) is 1.50. The molecule has 6 nitrogen and oxygen atoms in total. The molecule has 28 heavy (non-hydrogen) atoms. The largest absolute Gasteiger partial charge is 0.420 e. The molecule has 0 saturated carbocycles. The van der Waals surface area contributed by atoms with Crippen molar-refractivity contribution in [1.29, 1.82) is 0 Å². The van der Waals surface area contributed by atoms with Gasteiger partial charge in [0.2, 0.25) is 11.8 Å². The van der Waals surface area contributed by atoms with E-state index >= 15 is 0 Å². The van der Waals surface area contributed by atoms with Gasteiger partial charge in [-0.15, -0.1) is 20.4 Å². The van der Waals surface area contributed by atoms with Crippen molar-refractivity contribution in [3.05, 3.63) is 65.3 Å². The average Bonchev–Trinajstić information content (AvgIpc) is 3.34. The maximum absolute atomic E-state index is 13.0. The van der Waals surface area contributed by atoms with Gasteiger partial charge in [-0.3, -0.25) is 0 Å². The SMILES string of the molecule is CCn1c(SCc2nnc(-c3ccc(F)cc3)o2)nnc1-c1ccccc1Cl. The van der Waals surface area contributed by atoms with E-state index in [1.807, 2.05) is 35.8 Å². The van der Waals surface area contributed by atoms with Gasteiger partial charge in [0.15, 0.2) is 11.0 Å². The Morgan fingerprint density at radius 3 is 2.57 bits per heavy atom. The Balaban J connectivity index is 1.52. The second-order valence-corrected chi connectivity index (χ2v) is 7.18. The molecule has 0 N–H and O–H groups in total. The number of hydrogen-bond acceptors (Lipinski definition) is 6. The number of hydrogen-bond donors (Lipinski definition) is 0. The van der Waals surface area contributed by atoms with Crippen LogP contribution < -0.4 is 0 Å². The van der Waals surface area contributed by atoms with E-state index in [0.717, 1.165) is 10.7 Å². The van der Waals surface area contributed by atoms with Crippen LogP contribution in [0.25, 0.3) is 22.8 Å². The molecule has 0 aliphatic heterocycles. The Morgan fingerprint density at radius 1 is 1.04 bits per heavy atom. The van der Waals surface area contributed by atoms with Crippen LogP contribution in [0.15, 0.2) is 58.1 Å². The quantitative estimate of drug-likeness (QED) is 0.408. The Hall–Kier alpha value is -2.71. The van der Waals surface area contributed by atoms with Crippen molar-refractivity contribution in [2.24, 2.45) is 0 Å². The van der Waals surface area contributed by atoms with Crippen LogP contribution in [0.2, 0.25) is 5.02 Å². The molecule has 0 amide bonds. The molecule has 0 unspecified atom stereocenters. The molecule has 0 saturated heterocycles. The van der Waals surface area contributed by atoms with Crippen LogP contribution in [0.4, 0.5) is 4.39 Å². The lowest BCUT2D eigenvalue weighted by Gasteiger charge is -2.07. The summed E-state index contributed by atoms with van der Waals surface area (Å²) < 4.78 is 20.7. The second-order valence-electron chi connectivity index (χ2n) is 5.83. The lowest BCUT2D eigenvalue weighted by molar-refractivity contribution is 0.528. The fraction of sp³-hybridized carbons (Fsp3) is 0.158. The van der Waals surface area contributed by atoms with E-state index in [0.29, 0.717) is 40.5 Å². The van der Waals surface area contributed by atoms with Crippen LogP contribution in [-0.4, -0.2) is 25.0 Å². The summed E-state index contributed by atoms with van der Waals surface area (Å²) in [6.07, 6.45) is 0. The van der Waals surface area contributed by atoms with Crippen LogP contribution in [0.3, 0.4) is 0 Å². The van der Waals surface area contributed by atoms with E-state index in [2.05, 4.69) is 20.4 Å². The van der Waals surface area contributed by atoms with E-state index in [1.54, 1.807) is 12.1 Å². The Kier molecular flexibility index (Phi) is 5.40. The zero-order chi connectivity index (χ0) is 19.5. The van der Waals surface area contributed by atoms with Gasteiger partial charge in [-0.25, -0.2) is 4.39 Å². The first kappa shape index (κ1) is 18.6. The molecule has 2 aromatic heterocycles. The van der Waals surface area contributed by atoms with Crippen molar-refractivity contribution in [2.75, 3.05) is 0 Å². The molecule has 0 bridgehead atoms. The fourth-order valence-corrected chi connectivity index (χ4v) is 3.73. The average molecular weight is 416 g/mol.